The maximum atomic E-state index is 8.84. The van der Waals surface area contributed by atoms with Crippen LogP contribution in [0, 0.1) is 0 Å². The average Bonchev–Trinajstić information content (AvgIpc) is 1.62. The van der Waals surface area contributed by atoms with Gasteiger partial charge >= 0.3 is 51.2 Å². The maximum Gasteiger partial charge on any atom is 2.00 e. The third-order valence-corrected chi connectivity index (χ3v) is 0. The molecule has 3 radical (unpaired) electrons. The van der Waals surface area contributed by atoms with E-state index in [4.69, 9.17) is 61.0 Å². The van der Waals surface area contributed by atoms with Crippen molar-refractivity contribution in [2.45, 2.75) is 0 Å². The Morgan fingerprint density at radius 2 is 0.435 bits per heavy atom. The minimum Gasteiger partial charge on any atom is -0.759 e. The van der Waals surface area contributed by atoms with Crippen LogP contribution in [0.5, 0.6) is 0 Å². The Morgan fingerprint density at radius 3 is 0.435 bits per heavy atom. The van der Waals surface area contributed by atoms with Crippen molar-refractivity contribution >= 4 is 60.8 Å². The molecular formula is Cl2Cu3O14S4. The van der Waals surface area contributed by atoms with Gasteiger partial charge in [0.15, 0.2) is 18.7 Å². The molecule has 0 unspecified atom stereocenters. The molecule has 0 aromatic carbocycles. The van der Waals surface area contributed by atoms with Crippen molar-refractivity contribution in [2.75, 3.05) is 0 Å². The Morgan fingerprint density at radius 1 is 0.435 bits per heavy atom. The quantitative estimate of drug-likeness (QED) is 0.112. The molecule has 0 aromatic heterocycles. The molecule has 0 N–H and O–H groups in total. The fraction of sp³-hybridized carbons (Fsp3) is 0. The van der Waals surface area contributed by atoms with Crippen LogP contribution in [0.15, 0.2) is 0 Å². The van der Waals surface area contributed by atoms with Gasteiger partial charge in [0, 0.05) is 42.2 Å². The summed E-state index contributed by atoms with van der Waals surface area (Å²) in [6.07, 6.45) is 0. The molecule has 0 atom stereocenters. The van der Waals surface area contributed by atoms with Crippen molar-refractivity contribution < 1.29 is 112 Å². The first-order valence-electron chi connectivity index (χ1n) is 2.64. The van der Waals surface area contributed by atoms with Crippen LogP contribution in [0.1, 0.15) is 0 Å². The van der Waals surface area contributed by atoms with Crippen LogP contribution >= 0.6 is 21.4 Å². The van der Waals surface area contributed by atoms with Gasteiger partial charge in [-0.25, -0.2) is 16.8 Å². The molecule has 0 saturated carbocycles. The Bertz CT molecular complexity index is 489. The second-order valence-corrected chi connectivity index (χ2v) is 7.08. The first kappa shape index (κ1) is 44.3. The van der Waals surface area contributed by atoms with Crippen LogP contribution in [0.2, 0.25) is 0 Å². The molecular weight excluding hydrogens is 614 g/mol. The summed E-state index contributed by atoms with van der Waals surface area (Å²) in [7, 11) is -11.3. The van der Waals surface area contributed by atoms with Gasteiger partial charge < -0.3 is 27.3 Å². The summed E-state index contributed by atoms with van der Waals surface area (Å²) in [5.74, 6) is 0. The molecule has 0 aliphatic heterocycles. The normalized spacial score (nSPS) is 10.1. The molecule has 0 aliphatic carbocycles. The van der Waals surface area contributed by atoms with E-state index in [0.29, 0.717) is 0 Å². The topological polar surface area (TPSA) is 275 Å². The number of hydrogen-bond acceptors (Lipinski definition) is 14. The van der Waals surface area contributed by atoms with Gasteiger partial charge in [-0.05, 0) is 0 Å². The van der Waals surface area contributed by atoms with Gasteiger partial charge in [0.1, 0.15) is 0 Å². The third kappa shape index (κ3) is 3870. The van der Waals surface area contributed by atoms with Crippen LogP contribution < -0.4 is 0 Å². The predicted octanol–water partition coefficient (Wildman–Crippen LogP) is -3.31. The van der Waals surface area contributed by atoms with Crippen molar-refractivity contribution in [3.05, 3.63) is 0 Å². The van der Waals surface area contributed by atoms with E-state index in [2.05, 4.69) is 21.4 Å². The zero-order valence-electron chi connectivity index (χ0n) is 9.01. The van der Waals surface area contributed by atoms with E-state index in [1.807, 2.05) is 0 Å². The van der Waals surface area contributed by atoms with Crippen molar-refractivity contribution in [1.29, 1.82) is 0 Å². The molecule has 0 amide bonds. The van der Waals surface area contributed by atoms with E-state index in [1.54, 1.807) is 0 Å². The summed E-state index contributed by atoms with van der Waals surface area (Å²) < 4.78 is 121. The van der Waals surface area contributed by atoms with Crippen molar-refractivity contribution in [2.24, 2.45) is 0 Å². The van der Waals surface area contributed by atoms with Gasteiger partial charge in [0.2, 0.25) is 0 Å². The summed E-state index contributed by atoms with van der Waals surface area (Å²) in [6, 6.07) is 0. The number of rotatable bonds is 0. The molecule has 23 heteroatoms. The van der Waals surface area contributed by atoms with Crippen LogP contribution in [0.3, 0.4) is 0 Å². The van der Waals surface area contributed by atoms with Crippen molar-refractivity contribution in [3.63, 3.8) is 0 Å². The molecule has 14 nitrogen and oxygen atoms in total. The third-order valence-electron chi connectivity index (χ3n) is 0. The van der Waals surface area contributed by atoms with Crippen LogP contribution in [-0.4, -0.2) is 61.0 Å². The van der Waals surface area contributed by atoms with Gasteiger partial charge in [-0.1, -0.05) is 0 Å². The Kier molecular flexibility index (Phi) is 35.6. The summed E-state index contributed by atoms with van der Waals surface area (Å²) in [5.41, 5.74) is 0. The molecule has 0 heterocycles. The summed E-state index contributed by atoms with van der Waals surface area (Å²) in [6.45, 7) is 0. The minimum absolute atomic E-state index is 0. The number of hydrogen-bond donors (Lipinski definition) is 0. The molecule has 0 spiro atoms. The second kappa shape index (κ2) is 18.5. The van der Waals surface area contributed by atoms with Gasteiger partial charge in [-0.3, -0.25) is 16.8 Å². The molecule has 0 aliphatic rings. The smallest absolute Gasteiger partial charge is 0.759 e. The van der Waals surface area contributed by atoms with E-state index < -0.39 is 39.5 Å². The van der Waals surface area contributed by atoms with E-state index in [9.17, 15) is 0 Å². The largest absolute Gasteiger partial charge is 2.00 e. The van der Waals surface area contributed by atoms with Gasteiger partial charge in [0.05, 0.1) is 0 Å². The molecule has 0 saturated heterocycles. The SMILES string of the molecule is O=S(=O)([O-])Cl.O=S(=O)([O-])Cl.O=S(=O)([O-])[O-].O=S(=O)([O-])[O-].[Cu+2].[Cu+2].[Cu+2]. The Hall–Kier alpha value is 1.70. The van der Waals surface area contributed by atoms with E-state index in [0.717, 1.165) is 0 Å². The van der Waals surface area contributed by atoms with Crippen LogP contribution in [0.4, 0.5) is 0 Å². The van der Waals surface area contributed by atoms with Crippen LogP contribution in [0.25, 0.3) is 0 Å². The first-order valence-corrected chi connectivity index (χ1v) is 9.78. The van der Waals surface area contributed by atoms with E-state index in [-0.39, 0.29) is 51.2 Å². The minimum atomic E-state index is -5.17. The average molecular weight is 614 g/mol. The summed E-state index contributed by atoms with van der Waals surface area (Å²) >= 11 is 0. The maximum absolute atomic E-state index is 8.84. The van der Waals surface area contributed by atoms with Gasteiger partial charge in [-0.15, -0.1) is 0 Å². The molecule has 23 heavy (non-hydrogen) atoms. The number of halogens is 2. The first-order chi connectivity index (χ1) is 8.00. The predicted molar refractivity (Wildman–Crippen MR) is 52.0 cm³/mol. The molecule has 155 valence electrons. The summed E-state index contributed by atoms with van der Waals surface area (Å²) in [5, 5.41) is 0. The second-order valence-electron chi connectivity index (χ2n) is 1.60. The van der Waals surface area contributed by atoms with Crippen molar-refractivity contribution in [1.82, 2.24) is 0 Å². The molecule has 0 fully saturated rings. The Labute approximate surface area is 171 Å². The van der Waals surface area contributed by atoms with Crippen molar-refractivity contribution in [3.8, 4) is 0 Å². The molecule has 0 aromatic rings. The molecule has 0 bridgehead atoms. The monoisotopic (exact) mass is 611 g/mol. The zero-order chi connectivity index (χ0) is 18.0. The van der Waals surface area contributed by atoms with Gasteiger partial charge in [-0.2, -0.15) is 0 Å². The molecule has 0 rings (SSSR count). The summed E-state index contributed by atoms with van der Waals surface area (Å²) in [4.78, 5) is 0. The fourth-order valence-electron chi connectivity index (χ4n) is 0. The zero-order valence-corrected chi connectivity index (χ0v) is 16.6. The van der Waals surface area contributed by atoms with Gasteiger partial charge in [0.25, 0.3) is 0 Å². The van der Waals surface area contributed by atoms with E-state index in [1.165, 1.54) is 0 Å². The fourth-order valence-corrected chi connectivity index (χ4v) is 0. The Balaban J connectivity index is -0.0000000284. The van der Waals surface area contributed by atoms with E-state index >= 15 is 0 Å². The standard InChI is InChI=1S/2ClHO3S.3Cu.2H2O4S/c2*1-5(2,3)4;;;;2*1-5(2,3)4/h2*(H,2,3,4);;;;2*(H2,1,2,3,4)/q;;3*+2;;/p-6. The van der Waals surface area contributed by atoms with Crippen LogP contribution in [-0.2, 0) is 90.7 Å².